The molecular formula is C63H69BN4OSi. The molecule has 0 spiro atoms. The number of fused-ring (bicyclic) bond motifs is 10. The number of nitriles is 1. The fourth-order valence-electron chi connectivity index (χ4n) is 14.2. The zero-order valence-corrected chi connectivity index (χ0v) is 44.9. The number of nitrogens with zero attached hydrogens (tertiary/aromatic N) is 4. The second-order valence-electron chi connectivity index (χ2n) is 25.1. The molecule has 0 N–H and O–H groups in total. The molecular weight excluding hydrogens is 868 g/mol. The number of benzene rings is 6. The average molecular weight is 937 g/mol. The van der Waals surface area contributed by atoms with E-state index in [9.17, 15) is 5.26 Å². The summed E-state index contributed by atoms with van der Waals surface area (Å²) in [7, 11) is -1.59. The lowest BCUT2D eigenvalue weighted by Gasteiger charge is -2.52. The van der Waals surface area contributed by atoms with Gasteiger partial charge < -0.3 is 14.2 Å². The van der Waals surface area contributed by atoms with Crippen molar-refractivity contribution >= 4 is 93.0 Å². The molecule has 3 aliphatic heterocycles. The van der Waals surface area contributed by atoms with Crippen LogP contribution in [0.15, 0.2) is 108 Å². The number of furan rings is 1. The zero-order chi connectivity index (χ0) is 49.2. The maximum atomic E-state index is 10.0. The molecule has 1 aromatic heterocycles. The van der Waals surface area contributed by atoms with Gasteiger partial charge in [-0.1, -0.05) is 122 Å². The average Bonchev–Trinajstić information content (AvgIpc) is 3.79. The molecule has 5 nitrogen and oxygen atoms in total. The van der Waals surface area contributed by atoms with Crippen LogP contribution in [-0.4, -0.2) is 20.3 Å². The summed E-state index contributed by atoms with van der Waals surface area (Å²) in [6, 6.07) is 41.8. The van der Waals surface area contributed by atoms with Crippen LogP contribution in [0.1, 0.15) is 139 Å². The quantitative estimate of drug-likeness (QED) is 0.161. The van der Waals surface area contributed by atoms with Crippen LogP contribution >= 0.6 is 0 Å². The molecule has 6 aromatic carbocycles. The molecule has 7 heteroatoms. The van der Waals surface area contributed by atoms with Gasteiger partial charge in [-0.05, 0) is 175 Å². The van der Waals surface area contributed by atoms with E-state index in [0.717, 1.165) is 59.2 Å². The highest BCUT2D eigenvalue weighted by Gasteiger charge is 2.62. The standard InChI is InChI=1S/C63H69BN4OSi/c1-38-28-31-61(7,8)50-36-53-49(35-48(38)50)56-59(69-53)67(45-22-18-42(19-23-45)60(4,5)6)51-33-46(66(43-20-16-41(37-65)17-21-43)44-24-26-47(27-25-44)70(11,12)13)34-52-57(51)64(56)55-40(3)32-39(2)54-58(55)68(52)63(10)30-15-14-29-62(54,63)9/h16-27,32-36,38H,14-15,28-31H2,1-13H3. The Labute approximate surface area is 418 Å². The Morgan fingerprint density at radius 1 is 0.743 bits per heavy atom. The number of hydrogen-bond acceptors (Lipinski definition) is 5. The minimum absolute atomic E-state index is 0.000755. The Morgan fingerprint density at radius 3 is 2.06 bits per heavy atom. The summed E-state index contributed by atoms with van der Waals surface area (Å²) in [5.74, 6) is 1.39. The molecule has 70 heavy (non-hydrogen) atoms. The number of hydrogen-bond donors (Lipinski definition) is 0. The van der Waals surface area contributed by atoms with Gasteiger partial charge in [0.15, 0.2) is 0 Å². The number of aryl methyl sites for hydroxylation is 2. The van der Waals surface area contributed by atoms with Crippen molar-refractivity contribution < 1.29 is 4.42 Å². The topological polar surface area (TPSA) is 46.7 Å². The van der Waals surface area contributed by atoms with Gasteiger partial charge in [0, 0.05) is 50.4 Å². The van der Waals surface area contributed by atoms with Crippen molar-refractivity contribution in [2.24, 2.45) is 0 Å². The third kappa shape index (κ3) is 6.27. The summed E-state index contributed by atoms with van der Waals surface area (Å²) in [6.07, 6.45) is 7.07. The smallest absolute Gasteiger partial charge is 0.257 e. The summed E-state index contributed by atoms with van der Waals surface area (Å²) >= 11 is 0. The van der Waals surface area contributed by atoms with Gasteiger partial charge in [-0.3, -0.25) is 4.90 Å². The first-order valence-corrected chi connectivity index (χ1v) is 29.7. The molecule has 0 radical (unpaired) electrons. The van der Waals surface area contributed by atoms with Crippen LogP contribution in [-0.2, 0) is 16.2 Å². The molecule has 3 atom stereocenters. The number of anilines is 8. The fraction of sp³-hybridized carbons (Fsp3) is 0.381. The molecule has 1 saturated carbocycles. The van der Waals surface area contributed by atoms with E-state index in [2.05, 4.69) is 201 Å². The first-order chi connectivity index (χ1) is 33.1. The first kappa shape index (κ1) is 45.2. The van der Waals surface area contributed by atoms with E-state index >= 15 is 0 Å². The number of rotatable bonds is 5. The predicted octanol–water partition coefficient (Wildman–Crippen LogP) is 14.8. The normalized spacial score (nSPS) is 21.7. The summed E-state index contributed by atoms with van der Waals surface area (Å²) in [5, 5.41) is 12.7. The highest BCUT2D eigenvalue weighted by atomic mass is 28.3. The van der Waals surface area contributed by atoms with E-state index < -0.39 is 8.07 Å². The van der Waals surface area contributed by atoms with Crippen molar-refractivity contribution in [2.75, 3.05) is 14.7 Å². The summed E-state index contributed by atoms with van der Waals surface area (Å²) in [5.41, 5.74) is 22.3. The second-order valence-corrected chi connectivity index (χ2v) is 30.2. The van der Waals surface area contributed by atoms with Gasteiger partial charge >= 0.3 is 0 Å². The first-order valence-electron chi connectivity index (χ1n) is 26.2. The van der Waals surface area contributed by atoms with E-state index in [-0.39, 0.29) is 28.5 Å². The molecule has 5 aliphatic rings. The van der Waals surface area contributed by atoms with Crippen LogP contribution in [0.25, 0.3) is 11.0 Å². The van der Waals surface area contributed by atoms with Crippen LogP contribution < -0.4 is 36.3 Å². The van der Waals surface area contributed by atoms with E-state index in [1.54, 1.807) is 5.56 Å². The van der Waals surface area contributed by atoms with Crippen LogP contribution in [0, 0.1) is 25.2 Å². The van der Waals surface area contributed by atoms with Gasteiger partial charge in [0.05, 0.1) is 30.9 Å². The second kappa shape index (κ2) is 15.0. The Balaban J connectivity index is 1.23. The SMILES string of the molecule is Cc1cc(C)c2c3c1B1c4c(cc(N(c5ccc(C#N)cc5)c5ccc([Si](C)(C)C)cc5)cc4N3C3(C)CCCCC23C)N(c2ccc(C(C)(C)C)cc2)c2oc3cc4c(cc3c21)C(C)CCC4(C)C. The highest BCUT2D eigenvalue weighted by molar-refractivity contribution is 7.02. The van der Waals surface area contributed by atoms with Crippen molar-refractivity contribution in [3.8, 4) is 6.07 Å². The lowest BCUT2D eigenvalue weighted by Crippen LogP contribution is -2.64. The molecule has 12 rings (SSSR count). The fourth-order valence-corrected chi connectivity index (χ4v) is 15.3. The third-order valence-electron chi connectivity index (χ3n) is 18.3. The van der Waals surface area contributed by atoms with E-state index in [1.807, 2.05) is 12.1 Å². The minimum atomic E-state index is -1.59. The minimum Gasteiger partial charge on any atom is -0.440 e. The van der Waals surface area contributed by atoms with Crippen LogP contribution in [0.3, 0.4) is 0 Å². The molecule has 0 saturated heterocycles. The molecule has 0 bridgehead atoms. The predicted molar refractivity (Wildman–Crippen MR) is 300 cm³/mol. The van der Waals surface area contributed by atoms with Crippen molar-refractivity contribution in [2.45, 2.75) is 155 Å². The van der Waals surface area contributed by atoms with Gasteiger partial charge in [-0.2, -0.15) is 5.26 Å². The molecule has 2 aliphatic carbocycles. The Hall–Kier alpha value is -5.97. The van der Waals surface area contributed by atoms with Gasteiger partial charge in [0.25, 0.3) is 6.71 Å². The molecule has 1 fully saturated rings. The van der Waals surface area contributed by atoms with E-state index in [4.69, 9.17) is 4.42 Å². The highest BCUT2D eigenvalue weighted by Crippen LogP contribution is 2.63. The van der Waals surface area contributed by atoms with Crippen LogP contribution in [0.5, 0.6) is 0 Å². The Kier molecular flexibility index (Phi) is 9.70. The zero-order valence-electron chi connectivity index (χ0n) is 43.9. The molecule has 354 valence electrons. The van der Waals surface area contributed by atoms with Crippen molar-refractivity contribution in [3.05, 3.63) is 142 Å². The molecule has 7 aromatic rings. The van der Waals surface area contributed by atoms with E-state index in [1.165, 1.54) is 85.4 Å². The molecule has 3 unspecified atom stereocenters. The van der Waals surface area contributed by atoms with E-state index in [0.29, 0.717) is 11.5 Å². The summed E-state index contributed by atoms with van der Waals surface area (Å²) in [6.45, 7) is 31.3. The monoisotopic (exact) mass is 937 g/mol. The summed E-state index contributed by atoms with van der Waals surface area (Å²) in [4.78, 5) is 7.80. The molecule has 0 amide bonds. The van der Waals surface area contributed by atoms with Crippen LogP contribution in [0.2, 0.25) is 19.6 Å². The van der Waals surface area contributed by atoms with Crippen molar-refractivity contribution in [3.63, 3.8) is 0 Å². The molecule has 4 heterocycles. The lowest BCUT2D eigenvalue weighted by atomic mass is 9.32. The van der Waals surface area contributed by atoms with Gasteiger partial charge in [0.2, 0.25) is 5.88 Å². The maximum absolute atomic E-state index is 10.0. The lowest BCUT2D eigenvalue weighted by molar-refractivity contribution is 0.194. The van der Waals surface area contributed by atoms with Crippen LogP contribution in [0.4, 0.5) is 45.7 Å². The Bertz CT molecular complexity index is 3360. The van der Waals surface area contributed by atoms with Gasteiger partial charge in [-0.15, -0.1) is 0 Å². The van der Waals surface area contributed by atoms with Crippen molar-refractivity contribution in [1.82, 2.24) is 0 Å². The largest absolute Gasteiger partial charge is 0.440 e. The maximum Gasteiger partial charge on any atom is 0.257 e. The summed E-state index contributed by atoms with van der Waals surface area (Å²) < 4.78 is 7.60. The van der Waals surface area contributed by atoms with Gasteiger partial charge in [-0.25, -0.2) is 0 Å². The third-order valence-corrected chi connectivity index (χ3v) is 20.4. The van der Waals surface area contributed by atoms with Gasteiger partial charge in [0.1, 0.15) is 5.58 Å². The van der Waals surface area contributed by atoms with Crippen molar-refractivity contribution in [1.29, 1.82) is 5.26 Å². The Morgan fingerprint density at radius 2 is 1.40 bits per heavy atom.